The van der Waals surface area contributed by atoms with Crippen molar-refractivity contribution in [2.45, 2.75) is 13.8 Å². The Balaban J connectivity index is 1.83. The summed E-state index contributed by atoms with van der Waals surface area (Å²) in [5, 5.41) is 1.96. The van der Waals surface area contributed by atoms with Crippen molar-refractivity contribution in [1.82, 2.24) is 9.13 Å². The molecule has 0 bridgehead atoms. The van der Waals surface area contributed by atoms with Gasteiger partial charge in [0, 0.05) is 80.7 Å². The summed E-state index contributed by atoms with van der Waals surface area (Å²) in [6.07, 6.45) is 0. The van der Waals surface area contributed by atoms with Gasteiger partial charge in [-0.2, -0.15) is 0 Å². The van der Waals surface area contributed by atoms with E-state index in [1.54, 1.807) is 12.1 Å². The maximum atomic E-state index is 14.2. The molecule has 6 rings (SSSR count). The van der Waals surface area contributed by atoms with Gasteiger partial charge in [-0.25, -0.2) is 0 Å². The highest BCUT2D eigenvalue weighted by atomic mass is 16.1. The zero-order chi connectivity index (χ0) is 23.7. The third kappa shape index (κ3) is 2.54. The number of hydrogen-bond donors (Lipinski definition) is 0. The molecule has 0 radical (unpaired) electrons. The zero-order valence-corrected chi connectivity index (χ0v) is 19.6. The Hall–Kier alpha value is -4.18. The highest BCUT2D eigenvalue weighted by molar-refractivity contribution is 6.53. The van der Waals surface area contributed by atoms with Gasteiger partial charge >= 0.3 is 0 Å². The van der Waals surface area contributed by atoms with Crippen LogP contribution < -0.4 is 0 Å². The van der Waals surface area contributed by atoms with Crippen LogP contribution in [0.25, 0.3) is 33.0 Å². The number of aromatic nitrogens is 2. The quantitative estimate of drug-likeness (QED) is 0.322. The fourth-order valence-electron chi connectivity index (χ4n) is 5.53. The van der Waals surface area contributed by atoms with Crippen molar-refractivity contribution in [1.29, 1.82) is 0 Å². The standard InChI is InChI=1S/C30H24N2O2/c1-17-25(21-13-7-9-15-23(21)31(17)3)27-28(30(34)20-12-6-5-11-19(20)29(27)33)26-18(2)32(4)24-16-10-8-14-22(24)26/h5-16H,1-4H3. The first-order valence-corrected chi connectivity index (χ1v) is 11.4. The van der Waals surface area contributed by atoms with E-state index in [2.05, 4.69) is 21.3 Å². The molecule has 0 aliphatic heterocycles. The number of para-hydroxylation sites is 2. The summed E-state index contributed by atoms with van der Waals surface area (Å²) in [5.41, 5.74) is 7.62. The second-order valence-corrected chi connectivity index (χ2v) is 9.03. The molecular weight excluding hydrogens is 420 g/mol. The van der Waals surface area contributed by atoms with Gasteiger partial charge in [0.15, 0.2) is 11.6 Å². The molecule has 1 aliphatic carbocycles. The summed E-state index contributed by atoms with van der Waals surface area (Å²) in [6.45, 7) is 4.04. The molecule has 0 N–H and O–H groups in total. The Morgan fingerprint density at radius 1 is 0.529 bits per heavy atom. The van der Waals surface area contributed by atoms with Gasteiger partial charge in [0.2, 0.25) is 0 Å². The number of aryl methyl sites for hydroxylation is 2. The van der Waals surface area contributed by atoms with Crippen LogP contribution in [0.2, 0.25) is 0 Å². The molecule has 3 aromatic carbocycles. The van der Waals surface area contributed by atoms with Crippen molar-refractivity contribution in [3.8, 4) is 0 Å². The number of hydrogen-bond acceptors (Lipinski definition) is 2. The minimum atomic E-state index is -0.100. The lowest BCUT2D eigenvalue weighted by Crippen LogP contribution is -2.21. The normalized spacial score (nSPS) is 13.9. The molecule has 1 aliphatic rings. The number of carbonyl (C=O) groups excluding carboxylic acids is 2. The van der Waals surface area contributed by atoms with Crippen LogP contribution >= 0.6 is 0 Å². The van der Waals surface area contributed by atoms with Gasteiger partial charge in [0.25, 0.3) is 0 Å². The van der Waals surface area contributed by atoms with Crippen LogP contribution in [-0.4, -0.2) is 20.7 Å². The van der Waals surface area contributed by atoms with E-state index < -0.39 is 0 Å². The van der Waals surface area contributed by atoms with Gasteiger partial charge < -0.3 is 9.13 Å². The van der Waals surface area contributed by atoms with E-state index in [0.717, 1.165) is 44.3 Å². The number of carbonyl (C=O) groups is 2. The molecule has 0 spiro atoms. The van der Waals surface area contributed by atoms with Crippen LogP contribution in [0, 0.1) is 13.8 Å². The van der Waals surface area contributed by atoms with E-state index in [1.807, 2.05) is 76.5 Å². The third-order valence-electron chi connectivity index (χ3n) is 7.42. The van der Waals surface area contributed by atoms with Crippen molar-refractivity contribution in [2.24, 2.45) is 14.1 Å². The molecule has 4 nitrogen and oxygen atoms in total. The van der Waals surface area contributed by atoms with Crippen molar-refractivity contribution < 1.29 is 9.59 Å². The Labute approximate surface area is 197 Å². The van der Waals surface area contributed by atoms with E-state index in [9.17, 15) is 9.59 Å². The minimum absolute atomic E-state index is 0.100. The van der Waals surface area contributed by atoms with Crippen molar-refractivity contribution in [3.63, 3.8) is 0 Å². The van der Waals surface area contributed by atoms with Gasteiger partial charge in [-0.1, -0.05) is 60.7 Å². The molecule has 2 aromatic heterocycles. The maximum absolute atomic E-state index is 14.2. The van der Waals surface area contributed by atoms with E-state index in [1.165, 1.54) is 0 Å². The van der Waals surface area contributed by atoms with Crippen LogP contribution in [0.1, 0.15) is 43.2 Å². The number of fused-ring (bicyclic) bond motifs is 3. The molecule has 0 saturated heterocycles. The number of Topliss-reactive ketones (excluding diaryl/α,β-unsaturated/α-hetero) is 2. The molecule has 0 fully saturated rings. The van der Waals surface area contributed by atoms with Crippen LogP contribution in [0.5, 0.6) is 0 Å². The first kappa shape index (κ1) is 20.4. The summed E-state index contributed by atoms with van der Waals surface area (Å²) >= 11 is 0. The van der Waals surface area contributed by atoms with Gasteiger partial charge in [-0.3, -0.25) is 9.59 Å². The molecule has 166 valence electrons. The van der Waals surface area contributed by atoms with Gasteiger partial charge in [-0.15, -0.1) is 0 Å². The predicted molar refractivity (Wildman–Crippen MR) is 137 cm³/mol. The smallest absolute Gasteiger partial charge is 0.195 e. The summed E-state index contributed by atoms with van der Waals surface area (Å²) in [5.74, 6) is -0.200. The van der Waals surface area contributed by atoms with Crippen LogP contribution in [0.15, 0.2) is 72.8 Å². The lowest BCUT2D eigenvalue weighted by Gasteiger charge is -2.22. The number of ketones is 2. The third-order valence-corrected chi connectivity index (χ3v) is 7.42. The largest absolute Gasteiger partial charge is 0.347 e. The second kappa shape index (κ2) is 7.16. The molecule has 0 amide bonds. The molecule has 0 saturated carbocycles. The molecule has 0 unspecified atom stereocenters. The van der Waals surface area contributed by atoms with Crippen molar-refractivity contribution >= 4 is 44.5 Å². The second-order valence-electron chi connectivity index (χ2n) is 9.03. The highest BCUT2D eigenvalue weighted by Gasteiger charge is 2.37. The van der Waals surface area contributed by atoms with Crippen LogP contribution in [-0.2, 0) is 14.1 Å². The molecule has 34 heavy (non-hydrogen) atoms. The van der Waals surface area contributed by atoms with Crippen LogP contribution in [0.3, 0.4) is 0 Å². The van der Waals surface area contributed by atoms with Gasteiger partial charge in [0.1, 0.15) is 0 Å². The maximum Gasteiger partial charge on any atom is 0.195 e. The van der Waals surface area contributed by atoms with Crippen molar-refractivity contribution in [2.75, 3.05) is 0 Å². The number of rotatable bonds is 2. The van der Waals surface area contributed by atoms with E-state index in [4.69, 9.17) is 0 Å². The topological polar surface area (TPSA) is 44.0 Å². The van der Waals surface area contributed by atoms with E-state index >= 15 is 0 Å². The Bertz CT molecular complexity index is 1600. The average Bonchev–Trinajstić information content (AvgIpc) is 3.26. The Morgan fingerprint density at radius 3 is 1.29 bits per heavy atom. The van der Waals surface area contributed by atoms with Crippen LogP contribution in [0.4, 0.5) is 0 Å². The highest BCUT2D eigenvalue weighted by Crippen LogP contribution is 2.44. The first-order valence-electron chi connectivity index (χ1n) is 11.4. The first-order chi connectivity index (χ1) is 16.4. The van der Waals surface area contributed by atoms with Gasteiger partial charge in [0.05, 0.1) is 0 Å². The summed E-state index contributed by atoms with van der Waals surface area (Å²) in [7, 11) is 4.02. The van der Waals surface area contributed by atoms with Crippen molar-refractivity contribution in [3.05, 3.63) is 106 Å². The fourth-order valence-corrected chi connectivity index (χ4v) is 5.53. The molecular formula is C30H24N2O2. The summed E-state index contributed by atoms with van der Waals surface area (Å²) in [6, 6.07) is 23.3. The monoisotopic (exact) mass is 444 g/mol. The SMILES string of the molecule is Cc1c(C2=C(c3c(C)n(C)c4ccccc34)C(=O)c3ccccc3C2=O)c2ccccc2n1C. The fraction of sp³-hybridized carbons (Fsp3) is 0.133. The molecule has 4 heteroatoms. The number of benzene rings is 3. The number of allylic oxidation sites excluding steroid dienone is 2. The molecule has 5 aromatic rings. The summed E-state index contributed by atoms with van der Waals surface area (Å²) in [4.78, 5) is 28.4. The van der Waals surface area contributed by atoms with E-state index in [-0.39, 0.29) is 11.6 Å². The predicted octanol–water partition coefficient (Wildman–Crippen LogP) is 6.28. The Kier molecular flexibility index (Phi) is 4.30. The van der Waals surface area contributed by atoms with E-state index in [0.29, 0.717) is 22.3 Å². The average molecular weight is 445 g/mol. The lowest BCUT2D eigenvalue weighted by molar-refractivity contribution is 0.101. The van der Waals surface area contributed by atoms with Gasteiger partial charge in [-0.05, 0) is 26.0 Å². The Morgan fingerprint density at radius 2 is 0.882 bits per heavy atom. The lowest BCUT2D eigenvalue weighted by atomic mass is 9.77. The molecule has 0 atom stereocenters. The number of nitrogens with zero attached hydrogens (tertiary/aromatic N) is 2. The minimum Gasteiger partial charge on any atom is -0.347 e. The summed E-state index contributed by atoms with van der Waals surface area (Å²) < 4.78 is 4.20. The zero-order valence-electron chi connectivity index (χ0n) is 19.6. The molecule has 2 heterocycles.